The van der Waals surface area contributed by atoms with Crippen molar-refractivity contribution in [2.24, 2.45) is 5.92 Å². The molecule has 0 N–H and O–H groups in total. The first-order chi connectivity index (χ1) is 13.0. The van der Waals surface area contributed by atoms with Crippen LogP contribution in [0.4, 0.5) is 0 Å². The molecule has 0 aromatic heterocycles. The van der Waals surface area contributed by atoms with Gasteiger partial charge in [0, 0.05) is 19.0 Å². The Bertz CT molecular complexity index is 818. The van der Waals surface area contributed by atoms with E-state index in [0.29, 0.717) is 38.5 Å². The van der Waals surface area contributed by atoms with E-state index in [9.17, 15) is 13.2 Å². The first-order valence-electron chi connectivity index (χ1n) is 9.86. The van der Waals surface area contributed by atoms with Crippen LogP contribution in [0.2, 0.25) is 0 Å². The molecule has 3 aliphatic rings. The summed E-state index contributed by atoms with van der Waals surface area (Å²) in [6, 6.07) is 5.82. The summed E-state index contributed by atoms with van der Waals surface area (Å²) in [5, 5.41) is 0. The van der Waals surface area contributed by atoms with Crippen molar-refractivity contribution in [3.05, 3.63) is 23.8 Å². The van der Waals surface area contributed by atoms with Crippen molar-refractivity contribution in [2.75, 3.05) is 31.3 Å². The molecule has 2 atom stereocenters. The third kappa shape index (κ3) is 4.08. The van der Waals surface area contributed by atoms with Gasteiger partial charge in [-0.2, -0.15) is 0 Å². The van der Waals surface area contributed by atoms with Crippen LogP contribution in [0.15, 0.2) is 18.2 Å². The predicted octanol–water partition coefficient (Wildman–Crippen LogP) is 2.38. The van der Waals surface area contributed by atoms with Crippen molar-refractivity contribution >= 4 is 15.7 Å². The van der Waals surface area contributed by atoms with Gasteiger partial charge >= 0.3 is 0 Å². The molecule has 2 unspecified atom stereocenters. The van der Waals surface area contributed by atoms with Crippen LogP contribution in [-0.2, 0) is 14.6 Å². The molecule has 4 rings (SSSR count). The highest BCUT2D eigenvalue weighted by atomic mass is 32.2. The lowest BCUT2D eigenvalue weighted by molar-refractivity contribution is -0.133. The van der Waals surface area contributed by atoms with E-state index in [1.165, 1.54) is 0 Å². The smallest absolute Gasteiger partial charge is 0.223 e. The Hall–Kier alpha value is -1.76. The maximum Gasteiger partial charge on any atom is 0.223 e. The van der Waals surface area contributed by atoms with Crippen LogP contribution in [-0.4, -0.2) is 56.5 Å². The van der Waals surface area contributed by atoms with Crippen LogP contribution in [0.5, 0.6) is 11.5 Å². The third-order valence-electron chi connectivity index (χ3n) is 5.89. The second-order valence-electron chi connectivity index (χ2n) is 7.79. The standard InChI is InChI=1S/C20H27NO5S/c1-2-21(16-7-10-27(23,24)13-16)20(22)12-17(14-3-4-14)15-5-6-18-19(11-15)26-9-8-25-18/h5-6,11,14,16-17H,2-4,7-10,12-13H2,1H3. The molecule has 0 bridgehead atoms. The molecule has 2 fully saturated rings. The zero-order valence-corrected chi connectivity index (χ0v) is 16.5. The molecular weight excluding hydrogens is 366 g/mol. The summed E-state index contributed by atoms with van der Waals surface area (Å²) in [7, 11) is -3.00. The van der Waals surface area contributed by atoms with E-state index in [0.717, 1.165) is 29.9 Å². The third-order valence-corrected chi connectivity index (χ3v) is 7.64. The Morgan fingerprint density at radius 1 is 1.19 bits per heavy atom. The van der Waals surface area contributed by atoms with Gasteiger partial charge in [0.2, 0.25) is 5.91 Å². The monoisotopic (exact) mass is 393 g/mol. The molecule has 1 amide bonds. The van der Waals surface area contributed by atoms with E-state index >= 15 is 0 Å². The fourth-order valence-corrected chi connectivity index (χ4v) is 6.04. The van der Waals surface area contributed by atoms with Crippen LogP contribution in [0.25, 0.3) is 0 Å². The minimum Gasteiger partial charge on any atom is -0.486 e. The van der Waals surface area contributed by atoms with E-state index in [1.54, 1.807) is 4.90 Å². The second kappa shape index (κ2) is 7.34. The molecule has 1 aliphatic carbocycles. The Kier molecular flexibility index (Phi) is 5.05. The highest BCUT2D eigenvalue weighted by molar-refractivity contribution is 7.91. The van der Waals surface area contributed by atoms with E-state index in [-0.39, 0.29) is 29.4 Å². The highest BCUT2D eigenvalue weighted by Gasteiger charge is 2.38. The van der Waals surface area contributed by atoms with Crippen molar-refractivity contribution in [1.82, 2.24) is 4.90 Å². The molecule has 27 heavy (non-hydrogen) atoms. The van der Waals surface area contributed by atoms with Crippen LogP contribution < -0.4 is 9.47 Å². The minimum absolute atomic E-state index is 0.0615. The van der Waals surface area contributed by atoms with Crippen molar-refractivity contribution in [2.45, 2.75) is 44.6 Å². The van der Waals surface area contributed by atoms with Crippen LogP contribution in [0, 0.1) is 5.92 Å². The molecule has 0 spiro atoms. The summed E-state index contributed by atoms with van der Waals surface area (Å²) in [6.07, 6.45) is 3.25. The molecule has 148 valence electrons. The average molecular weight is 394 g/mol. The van der Waals surface area contributed by atoms with Gasteiger partial charge in [-0.1, -0.05) is 6.07 Å². The number of carbonyl (C=O) groups excluding carboxylic acids is 1. The molecule has 1 saturated carbocycles. The highest BCUT2D eigenvalue weighted by Crippen LogP contribution is 2.46. The van der Waals surface area contributed by atoms with Crippen molar-refractivity contribution in [3.8, 4) is 11.5 Å². The number of nitrogens with zero attached hydrogens (tertiary/aromatic N) is 1. The second-order valence-corrected chi connectivity index (χ2v) is 10.0. The van der Waals surface area contributed by atoms with Crippen LogP contribution in [0.1, 0.15) is 44.1 Å². The fourth-order valence-electron chi connectivity index (χ4n) is 4.31. The first kappa shape index (κ1) is 18.6. The largest absolute Gasteiger partial charge is 0.486 e. The SMILES string of the molecule is CCN(C(=O)CC(c1ccc2c(c1)OCCO2)C1CC1)C1CCS(=O)(=O)C1. The molecule has 7 heteroatoms. The number of carbonyl (C=O) groups is 1. The summed E-state index contributed by atoms with van der Waals surface area (Å²) in [5.41, 5.74) is 1.12. The lowest BCUT2D eigenvalue weighted by Gasteiger charge is -2.29. The lowest BCUT2D eigenvalue weighted by atomic mass is 9.90. The molecule has 2 aliphatic heterocycles. The van der Waals surface area contributed by atoms with Crippen LogP contribution >= 0.6 is 0 Å². The van der Waals surface area contributed by atoms with E-state index in [2.05, 4.69) is 0 Å². The number of hydrogen-bond acceptors (Lipinski definition) is 5. The number of ether oxygens (including phenoxy) is 2. The lowest BCUT2D eigenvalue weighted by Crippen LogP contribution is -2.41. The number of hydrogen-bond donors (Lipinski definition) is 0. The average Bonchev–Trinajstić information content (AvgIpc) is 3.43. The van der Waals surface area contributed by atoms with Gasteiger partial charge < -0.3 is 14.4 Å². The van der Waals surface area contributed by atoms with Gasteiger partial charge in [-0.15, -0.1) is 0 Å². The van der Waals surface area contributed by atoms with Gasteiger partial charge in [-0.25, -0.2) is 8.42 Å². The predicted molar refractivity (Wildman–Crippen MR) is 102 cm³/mol. The number of fused-ring (bicyclic) bond motifs is 1. The molecule has 0 radical (unpaired) electrons. The van der Waals surface area contributed by atoms with Gasteiger partial charge in [0.25, 0.3) is 0 Å². The summed E-state index contributed by atoms with van der Waals surface area (Å²) in [4.78, 5) is 14.8. The van der Waals surface area contributed by atoms with E-state index < -0.39 is 9.84 Å². The number of benzene rings is 1. The Morgan fingerprint density at radius 2 is 1.93 bits per heavy atom. The van der Waals surface area contributed by atoms with Gasteiger partial charge in [-0.05, 0) is 55.7 Å². The number of rotatable bonds is 6. The number of amides is 1. The van der Waals surface area contributed by atoms with Gasteiger partial charge in [0.15, 0.2) is 21.3 Å². The van der Waals surface area contributed by atoms with Gasteiger partial charge in [0.05, 0.1) is 11.5 Å². The minimum atomic E-state index is -3.00. The summed E-state index contributed by atoms with van der Waals surface area (Å²) in [6.45, 7) is 3.59. The van der Waals surface area contributed by atoms with E-state index in [4.69, 9.17) is 9.47 Å². The molecule has 1 aromatic rings. The van der Waals surface area contributed by atoms with Crippen LogP contribution in [0.3, 0.4) is 0 Å². The van der Waals surface area contributed by atoms with Crippen molar-refractivity contribution in [1.29, 1.82) is 0 Å². The normalized spacial score (nSPS) is 24.4. The summed E-state index contributed by atoms with van der Waals surface area (Å²) < 4.78 is 34.9. The van der Waals surface area contributed by atoms with Gasteiger partial charge in [0.1, 0.15) is 13.2 Å². The first-order valence-corrected chi connectivity index (χ1v) is 11.7. The van der Waals surface area contributed by atoms with Gasteiger partial charge in [-0.3, -0.25) is 4.79 Å². The quantitative estimate of drug-likeness (QED) is 0.742. The zero-order chi connectivity index (χ0) is 19.0. The summed E-state index contributed by atoms with van der Waals surface area (Å²) >= 11 is 0. The summed E-state index contributed by atoms with van der Waals surface area (Å²) in [5.74, 6) is 2.54. The van der Waals surface area contributed by atoms with Crippen molar-refractivity contribution in [3.63, 3.8) is 0 Å². The molecule has 1 aromatic carbocycles. The molecule has 6 nitrogen and oxygen atoms in total. The molecule has 2 heterocycles. The molecular formula is C20H27NO5S. The Balaban J connectivity index is 1.50. The molecule has 1 saturated heterocycles. The fraction of sp³-hybridized carbons (Fsp3) is 0.650. The van der Waals surface area contributed by atoms with Crippen molar-refractivity contribution < 1.29 is 22.7 Å². The Labute approximate surface area is 160 Å². The number of sulfone groups is 1. The van der Waals surface area contributed by atoms with E-state index in [1.807, 2.05) is 25.1 Å². The zero-order valence-electron chi connectivity index (χ0n) is 15.7. The Morgan fingerprint density at radius 3 is 2.56 bits per heavy atom. The topological polar surface area (TPSA) is 72.9 Å². The maximum atomic E-state index is 13.1. The maximum absolute atomic E-state index is 13.1.